The number of imidazole rings is 1. The van der Waals surface area contributed by atoms with Gasteiger partial charge in [0.15, 0.2) is 5.58 Å². The predicted octanol–water partition coefficient (Wildman–Crippen LogP) is 6.37. The Balaban J connectivity index is 1.20. The first-order chi connectivity index (χ1) is 20.3. The third kappa shape index (κ3) is 3.74. The third-order valence-corrected chi connectivity index (χ3v) is 8.39. The second-order valence-corrected chi connectivity index (χ2v) is 11.1. The van der Waals surface area contributed by atoms with Crippen molar-refractivity contribution in [3.63, 3.8) is 0 Å². The van der Waals surface area contributed by atoms with Gasteiger partial charge in [0.2, 0.25) is 5.95 Å². The molecular weight excluding hydrogens is 571 g/mol. The van der Waals surface area contributed by atoms with Gasteiger partial charge in [-0.2, -0.15) is 4.39 Å². The molecule has 210 valence electrons. The first-order valence-electron chi connectivity index (χ1n) is 13.2. The lowest BCUT2D eigenvalue weighted by molar-refractivity contribution is 0.146. The molecule has 3 atom stereocenters. The van der Waals surface area contributed by atoms with E-state index in [-0.39, 0.29) is 23.1 Å². The monoisotopic (exact) mass is 589 g/mol. The number of benzene rings is 2. The highest BCUT2D eigenvalue weighted by molar-refractivity contribution is 6.31. The summed E-state index contributed by atoms with van der Waals surface area (Å²) in [4.78, 5) is 20.9. The minimum absolute atomic E-state index is 0.0258. The van der Waals surface area contributed by atoms with E-state index >= 15 is 4.39 Å². The normalized spacial score (nSPS) is 19.0. The molecule has 1 N–H and O–H groups in total. The van der Waals surface area contributed by atoms with E-state index < -0.39 is 24.1 Å². The van der Waals surface area contributed by atoms with Gasteiger partial charge in [0.25, 0.3) is 12.0 Å². The average molecular weight is 590 g/mol. The highest BCUT2D eigenvalue weighted by atomic mass is 35.5. The summed E-state index contributed by atoms with van der Waals surface area (Å²) in [5.41, 5.74) is 3.68. The van der Waals surface area contributed by atoms with Crippen molar-refractivity contribution in [2.24, 2.45) is 5.92 Å². The van der Waals surface area contributed by atoms with Crippen LogP contribution in [0.15, 0.2) is 64.0 Å². The van der Waals surface area contributed by atoms with Crippen molar-refractivity contribution in [2.75, 3.05) is 0 Å². The van der Waals surface area contributed by atoms with Crippen molar-refractivity contribution in [3.05, 3.63) is 98.8 Å². The van der Waals surface area contributed by atoms with Crippen LogP contribution in [0.1, 0.15) is 47.6 Å². The molecule has 5 heterocycles. The molecular formula is C29H19ClF3N7O2. The van der Waals surface area contributed by atoms with Crippen LogP contribution in [0.4, 0.5) is 13.2 Å². The summed E-state index contributed by atoms with van der Waals surface area (Å²) in [5.74, 6) is -0.260. The van der Waals surface area contributed by atoms with Gasteiger partial charge < -0.3 is 14.1 Å². The van der Waals surface area contributed by atoms with Crippen molar-refractivity contribution >= 4 is 22.6 Å². The van der Waals surface area contributed by atoms with Crippen LogP contribution < -0.4 is 5.56 Å². The zero-order valence-electron chi connectivity index (χ0n) is 21.7. The number of aryl methyl sites for hydroxylation is 1. The molecule has 13 heteroatoms. The summed E-state index contributed by atoms with van der Waals surface area (Å²) in [6, 6.07) is 13.1. The lowest BCUT2D eigenvalue weighted by Gasteiger charge is -2.18. The first-order valence-corrected chi connectivity index (χ1v) is 13.5. The maximum atomic E-state index is 15.4. The second-order valence-electron chi connectivity index (χ2n) is 10.6. The second kappa shape index (κ2) is 8.89. The van der Waals surface area contributed by atoms with Crippen molar-refractivity contribution in [3.8, 4) is 28.2 Å². The standard InChI is InChI=1S/C29H19ClF3N7O2/c1-12-16-4-2-13(7-23(16)42-37-12)29-34-25(28(33)35-29)26-19-10-18(19)22-6-14(8-24(41)40(22)26)17-9-15(30)3-5-21(17)39-11-20(27(31)32)36-38-39/h2-9,11,18-19,26-27H,10H2,1H3,(H,34,35). The molecule has 0 amide bonds. The number of alkyl halides is 2. The summed E-state index contributed by atoms with van der Waals surface area (Å²) >= 11 is 6.30. The topological polar surface area (TPSA) is 107 Å². The molecule has 4 aromatic heterocycles. The van der Waals surface area contributed by atoms with Crippen molar-refractivity contribution in [2.45, 2.75) is 31.7 Å². The Morgan fingerprint density at radius 2 is 1.98 bits per heavy atom. The highest BCUT2D eigenvalue weighted by Crippen LogP contribution is 2.61. The molecule has 9 nitrogen and oxygen atoms in total. The number of nitrogens with zero attached hydrogens (tertiary/aromatic N) is 6. The molecule has 2 aromatic carbocycles. The van der Waals surface area contributed by atoms with Crippen LogP contribution >= 0.6 is 11.6 Å². The molecule has 3 unspecified atom stereocenters. The highest BCUT2D eigenvalue weighted by Gasteiger charge is 2.54. The van der Waals surface area contributed by atoms with Gasteiger partial charge in [-0.25, -0.2) is 18.4 Å². The van der Waals surface area contributed by atoms with Gasteiger partial charge >= 0.3 is 0 Å². The number of fused-ring (bicyclic) bond motifs is 4. The predicted molar refractivity (Wildman–Crippen MR) is 146 cm³/mol. The number of aromatic amines is 1. The van der Waals surface area contributed by atoms with E-state index in [1.165, 1.54) is 10.7 Å². The van der Waals surface area contributed by atoms with E-state index in [2.05, 4.69) is 25.4 Å². The molecule has 0 spiro atoms. The third-order valence-electron chi connectivity index (χ3n) is 8.16. The molecule has 42 heavy (non-hydrogen) atoms. The molecule has 1 aliphatic heterocycles. The zero-order valence-corrected chi connectivity index (χ0v) is 22.5. The van der Waals surface area contributed by atoms with E-state index in [1.807, 2.05) is 25.1 Å². The number of aromatic nitrogens is 7. The number of H-pyrrole nitrogens is 1. The number of rotatable bonds is 5. The molecule has 0 radical (unpaired) electrons. The Morgan fingerprint density at radius 1 is 1.12 bits per heavy atom. The smallest absolute Gasteiger partial charge is 0.283 e. The average Bonchev–Trinajstić information content (AvgIpc) is 3.29. The van der Waals surface area contributed by atoms with Crippen LogP contribution in [-0.2, 0) is 0 Å². The van der Waals surface area contributed by atoms with Crippen LogP contribution in [0.5, 0.6) is 0 Å². The van der Waals surface area contributed by atoms with Crippen molar-refractivity contribution in [1.82, 2.24) is 34.7 Å². The zero-order chi connectivity index (χ0) is 28.9. The molecule has 6 aromatic rings. The Labute approximate surface area is 239 Å². The number of halogens is 4. The lowest BCUT2D eigenvalue weighted by atomic mass is 10.0. The Kier molecular flexibility index (Phi) is 5.30. The summed E-state index contributed by atoms with van der Waals surface area (Å²) in [6.45, 7) is 1.84. The molecule has 1 aliphatic carbocycles. The summed E-state index contributed by atoms with van der Waals surface area (Å²) in [6.07, 6.45) is -0.848. The summed E-state index contributed by atoms with van der Waals surface area (Å²) in [5, 5.41) is 12.6. The quantitative estimate of drug-likeness (QED) is 0.250. The maximum absolute atomic E-state index is 15.4. The minimum atomic E-state index is -2.78. The number of pyridine rings is 1. The SMILES string of the molecule is Cc1noc2cc(-c3nc(F)c(C4C5CC5c5cc(-c6cc(Cl)ccc6-n6cc(C(F)F)nn6)cc(=O)n54)[nH]3)ccc12. The van der Waals surface area contributed by atoms with E-state index in [9.17, 15) is 13.6 Å². The van der Waals surface area contributed by atoms with Gasteiger partial charge in [0.05, 0.1) is 29.3 Å². The van der Waals surface area contributed by atoms with Gasteiger partial charge in [0.1, 0.15) is 11.5 Å². The van der Waals surface area contributed by atoms with Gasteiger partial charge in [-0.3, -0.25) is 4.79 Å². The van der Waals surface area contributed by atoms with Crippen molar-refractivity contribution < 1.29 is 17.7 Å². The number of hydrogen-bond donors (Lipinski definition) is 1. The van der Waals surface area contributed by atoms with Gasteiger partial charge in [-0.1, -0.05) is 28.0 Å². The molecule has 0 saturated heterocycles. The molecule has 0 bridgehead atoms. The van der Waals surface area contributed by atoms with Crippen LogP contribution in [-0.4, -0.2) is 34.7 Å². The van der Waals surface area contributed by atoms with Gasteiger partial charge in [0, 0.05) is 39.2 Å². The Hall–Kier alpha value is -4.71. The maximum Gasteiger partial charge on any atom is 0.283 e. The fourth-order valence-corrected chi connectivity index (χ4v) is 6.29. The number of nitrogens with one attached hydrogen (secondary N) is 1. The number of hydrogen-bond acceptors (Lipinski definition) is 6. The molecule has 1 saturated carbocycles. The Bertz CT molecular complexity index is 2110. The van der Waals surface area contributed by atoms with Crippen LogP contribution in [0.3, 0.4) is 0 Å². The van der Waals surface area contributed by atoms with Crippen molar-refractivity contribution in [1.29, 1.82) is 0 Å². The summed E-state index contributed by atoms with van der Waals surface area (Å²) in [7, 11) is 0. The van der Waals surface area contributed by atoms with Gasteiger partial charge in [-0.15, -0.1) is 5.10 Å². The fraction of sp³-hybridized carbons (Fsp3) is 0.207. The van der Waals surface area contributed by atoms with Crippen LogP contribution in [0.2, 0.25) is 5.02 Å². The van der Waals surface area contributed by atoms with Crippen LogP contribution in [0.25, 0.3) is 39.2 Å². The fourth-order valence-electron chi connectivity index (χ4n) is 6.12. The molecule has 1 fully saturated rings. The lowest BCUT2D eigenvalue weighted by Crippen LogP contribution is -2.26. The van der Waals surface area contributed by atoms with E-state index in [1.54, 1.807) is 28.8 Å². The first kappa shape index (κ1) is 25.0. The summed E-state index contributed by atoms with van der Waals surface area (Å²) < 4.78 is 50.0. The van der Waals surface area contributed by atoms with E-state index in [0.29, 0.717) is 38.8 Å². The largest absolute Gasteiger partial charge is 0.356 e. The van der Waals surface area contributed by atoms with E-state index in [0.717, 1.165) is 29.4 Å². The molecule has 2 aliphatic rings. The minimum Gasteiger partial charge on any atom is -0.356 e. The van der Waals surface area contributed by atoms with Crippen LogP contribution in [0, 0.1) is 18.8 Å². The molecule has 8 rings (SSSR count). The Morgan fingerprint density at radius 3 is 2.79 bits per heavy atom. The van der Waals surface area contributed by atoms with E-state index in [4.69, 9.17) is 16.1 Å². The van der Waals surface area contributed by atoms with Gasteiger partial charge in [-0.05, 0) is 61.2 Å².